The molecule has 0 unspecified atom stereocenters. The minimum Gasteiger partial charge on any atom is -0.329 e. The normalized spacial score (nSPS) is 10.9. The zero-order chi connectivity index (χ0) is 23.5. The van der Waals surface area contributed by atoms with Crippen molar-refractivity contribution in [3.63, 3.8) is 0 Å². The van der Waals surface area contributed by atoms with E-state index in [1.165, 1.54) is 11.1 Å². The summed E-state index contributed by atoms with van der Waals surface area (Å²) in [7, 11) is 0. The summed E-state index contributed by atoms with van der Waals surface area (Å²) in [5.74, 6) is 0.677. The van der Waals surface area contributed by atoms with Gasteiger partial charge in [0, 0.05) is 22.3 Å². The van der Waals surface area contributed by atoms with Gasteiger partial charge in [-0.2, -0.15) is 10.2 Å². The molecule has 2 aromatic carbocycles. The van der Waals surface area contributed by atoms with Crippen molar-refractivity contribution in [1.82, 2.24) is 19.6 Å². The summed E-state index contributed by atoms with van der Waals surface area (Å²) >= 11 is 17.9. The fraction of sp³-hybridized carbons (Fsp3) is 0.208. The van der Waals surface area contributed by atoms with Crippen LogP contribution in [0.2, 0.25) is 10.0 Å². The van der Waals surface area contributed by atoms with Crippen molar-refractivity contribution in [2.24, 2.45) is 0 Å². The van der Waals surface area contributed by atoms with Crippen molar-refractivity contribution in [1.29, 1.82) is 0 Å². The molecule has 2 aromatic heterocycles. The van der Waals surface area contributed by atoms with Crippen LogP contribution in [0.25, 0.3) is 0 Å². The van der Waals surface area contributed by atoms with Crippen molar-refractivity contribution in [2.75, 3.05) is 10.6 Å². The average Bonchev–Trinajstić information content (AvgIpc) is 3.29. The second kappa shape index (κ2) is 9.95. The van der Waals surface area contributed by atoms with E-state index in [2.05, 4.69) is 52.0 Å². The maximum Gasteiger partial charge on any atom is 0.176 e. The van der Waals surface area contributed by atoms with Gasteiger partial charge < -0.3 is 10.6 Å². The standard InChI is InChI=1S/C24H24Cl2N6S/c1-15-5-4-6-18(11-15)13-31-10-9-22(30-31)27-24(33)28-23-16(2)29-32(17(23)3)14-19-7-8-20(25)12-21(19)26/h4-12H,13-14H2,1-3H3,(H2,27,28,30,33). The highest BCUT2D eigenvalue weighted by Gasteiger charge is 2.15. The Bertz CT molecular complexity index is 1310. The van der Waals surface area contributed by atoms with E-state index in [1.54, 1.807) is 6.07 Å². The number of anilines is 2. The summed E-state index contributed by atoms with van der Waals surface area (Å²) in [6.07, 6.45) is 1.93. The fourth-order valence-electron chi connectivity index (χ4n) is 3.62. The Kier molecular flexibility index (Phi) is 7.02. The zero-order valence-corrected chi connectivity index (χ0v) is 20.9. The van der Waals surface area contributed by atoms with Gasteiger partial charge in [0.05, 0.1) is 30.2 Å². The Balaban J connectivity index is 1.41. The number of hydrogen-bond acceptors (Lipinski definition) is 3. The third-order valence-corrected chi connectivity index (χ3v) is 6.06. The molecule has 0 bridgehead atoms. The van der Waals surface area contributed by atoms with Crippen LogP contribution in [0.5, 0.6) is 0 Å². The first kappa shape index (κ1) is 23.3. The van der Waals surface area contributed by atoms with Gasteiger partial charge in [-0.25, -0.2) is 0 Å². The number of aryl methyl sites for hydroxylation is 2. The molecule has 2 heterocycles. The average molecular weight is 499 g/mol. The molecule has 0 radical (unpaired) electrons. The van der Waals surface area contributed by atoms with Gasteiger partial charge in [0.1, 0.15) is 0 Å². The van der Waals surface area contributed by atoms with E-state index in [1.807, 2.05) is 47.6 Å². The topological polar surface area (TPSA) is 59.7 Å². The third-order valence-electron chi connectivity index (χ3n) is 5.26. The second-order valence-electron chi connectivity index (χ2n) is 7.91. The van der Waals surface area contributed by atoms with Gasteiger partial charge in [-0.15, -0.1) is 0 Å². The van der Waals surface area contributed by atoms with Gasteiger partial charge in [0.2, 0.25) is 0 Å². The second-order valence-corrected chi connectivity index (χ2v) is 9.16. The van der Waals surface area contributed by atoms with Crippen LogP contribution >= 0.6 is 35.4 Å². The van der Waals surface area contributed by atoms with Crippen LogP contribution in [0.15, 0.2) is 54.7 Å². The largest absolute Gasteiger partial charge is 0.329 e. The molecule has 0 saturated carbocycles. The Labute approximate surface area is 208 Å². The first-order chi connectivity index (χ1) is 15.8. The first-order valence-corrected chi connectivity index (χ1v) is 11.6. The summed E-state index contributed by atoms with van der Waals surface area (Å²) in [4.78, 5) is 0. The van der Waals surface area contributed by atoms with Crippen LogP contribution in [-0.2, 0) is 13.1 Å². The highest BCUT2D eigenvalue weighted by atomic mass is 35.5. The van der Waals surface area contributed by atoms with Gasteiger partial charge in [-0.05, 0) is 56.2 Å². The highest BCUT2D eigenvalue weighted by molar-refractivity contribution is 7.80. The number of benzene rings is 2. The summed E-state index contributed by atoms with van der Waals surface area (Å²) in [6.45, 7) is 7.25. The Hall–Kier alpha value is -2.87. The van der Waals surface area contributed by atoms with Crippen molar-refractivity contribution >= 4 is 52.0 Å². The number of halogens is 2. The molecule has 33 heavy (non-hydrogen) atoms. The summed E-state index contributed by atoms with van der Waals surface area (Å²) in [6, 6.07) is 15.8. The molecule has 4 aromatic rings. The van der Waals surface area contributed by atoms with Gasteiger partial charge in [0.15, 0.2) is 10.9 Å². The monoisotopic (exact) mass is 498 g/mol. The molecule has 0 aliphatic rings. The Morgan fingerprint density at radius 1 is 0.970 bits per heavy atom. The molecule has 6 nitrogen and oxygen atoms in total. The van der Waals surface area contributed by atoms with E-state index in [0.29, 0.717) is 34.1 Å². The first-order valence-electron chi connectivity index (χ1n) is 10.4. The molecule has 0 saturated heterocycles. The maximum atomic E-state index is 6.33. The van der Waals surface area contributed by atoms with Gasteiger partial charge >= 0.3 is 0 Å². The number of nitrogens with one attached hydrogen (secondary N) is 2. The van der Waals surface area contributed by atoms with Crippen LogP contribution in [0.3, 0.4) is 0 Å². The minimum absolute atomic E-state index is 0.450. The van der Waals surface area contributed by atoms with Crippen molar-refractivity contribution in [2.45, 2.75) is 33.9 Å². The highest BCUT2D eigenvalue weighted by Crippen LogP contribution is 2.25. The number of aromatic nitrogens is 4. The zero-order valence-electron chi connectivity index (χ0n) is 18.6. The lowest BCUT2D eigenvalue weighted by atomic mass is 10.1. The maximum absolute atomic E-state index is 6.33. The Morgan fingerprint density at radius 3 is 2.55 bits per heavy atom. The van der Waals surface area contributed by atoms with Crippen molar-refractivity contribution in [3.05, 3.63) is 92.9 Å². The van der Waals surface area contributed by atoms with E-state index in [9.17, 15) is 0 Å². The molecule has 0 spiro atoms. The quantitative estimate of drug-likeness (QED) is 0.309. The number of nitrogens with zero attached hydrogens (tertiary/aromatic N) is 4. The van der Waals surface area contributed by atoms with Crippen LogP contribution < -0.4 is 10.6 Å². The fourth-order valence-corrected chi connectivity index (χ4v) is 4.29. The van der Waals surface area contributed by atoms with Gasteiger partial charge in [-0.3, -0.25) is 9.36 Å². The molecular weight excluding hydrogens is 475 g/mol. The van der Waals surface area contributed by atoms with Crippen LogP contribution in [-0.4, -0.2) is 24.7 Å². The summed E-state index contributed by atoms with van der Waals surface area (Å²) in [5.41, 5.74) is 6.02. The lowest BCUT2D eigenvalue weighted by Gasteiger charge is -2.10. The third kappa shape index (κ3) is 5.74. The van der Waals surface area contributed by atoms with E-state index >= 15 is 0 Å². The number of hydrogen-bond donors (Lipinski definition) is 2. The molecule has 0 fully saturated rings. The molecule has 170 valence electrons. The van der Waals surface area contributed by atoms with Crippen molar-refractivity contribution in [3.8, 4) is 0 Å². The lowest BCUT2D eigenvalue weighted by Crippen LogP contribution is -2.20. The predicted octanol–water partition coefficient (Wildman–Crippen LogP) is 6.22. The summed E-state index contributed by atoms with van der Waals surface area (Å²) in [5, 5.41) is 17.3. The van der Waals surface area contributed by atoms with Gasteiger partial charge in [0.25, 0.3) is 0 Å². The number of rotatable bonds is 6. The molecule has 9 heteroatoms. The molecule has 2 N–H and O–H groups in total. The van der Waals surface area contributed by atoms with E-state index in [0.717, 1.165) is 22.6 Å². The van der Waals surface area contributed by atoms with Crippen molar-refractivity contribution < 1.29 is 0 Å². The minimum atomic E-state index is 0.450. The molecule has 0 atom stereocenters. The molecule has 0 aliphatic heterocycles. The number of thiocarbonyl (C=S) groups is 1. The molecule has 4 rings (SSSR count). The van der Waals surface area contributed by atoms with E-state index in [-0.39, 0.29) is 0 Å². The van der Waals surface area contributed by atoms with E-state index < -0.39 is 0 Å². The Morgan fingerprint density at radius 2 is 1.79 bits per heavy atom. The van der Waals surface area contributed by atoms with Crippen LogP contribution in [0, 0.1) is 20.8 Å². The SMILES string of the molecule is Cc1cccc(Cn2ccc(NC(=S)Nc3c(C)nn(Cc4ccc(Cl)cc4Cl)c3C)n2)c1. The van der Waals surface area contributed by atoms with E-state index in [4.69, 9.17) is 35.4 Å². The van der Waals surface area contributed by atoms with Gasteiger partial charge in [-0.1, -0.05) is 59.1 Å². The lowest BCUT2D eigenvalue weighted by molar-refractivity contribution is 0.659. The molecular formula is C24H24Cl2N6S. The molecule has 0 aliphatic carbocycles. The van der Waals surface area contributed by atoms with Crippen LogP contribution in [0.1, 0.15) is 28.1 Å². The van der Waals surface area contributed by atoms with Crippen LogP contribution in [0.4, 0.5) is 11.5 Å². The smallest absolute Gasteiger partial charge is 0.176 e. The predicted molar refractivity (Wildman–Crippen MR) is 140 cm³/mol. The molecule has 0 amide bonds. The summed E-state index contributed by atoms with van der Waals surface area (Å²) < 4.78 is 3.77.